The van der Waals surface area contributed by atoms with Crippen molar-refractivity contribution in [3.8, 4) is 0 Å². The summed E-state index contributed by atoms with van der Waals surface area (Å²) in [7, 11) is 0. The number of aliphatic carboxylic acids is 1. The number of rotatable bonds is 3. The number of amides is 2. The molecule has 109 valence electrons. The van der Waals surface area contributed by atoms with Gasteiger partial charge >= 0.3 is 5.97 Å². The molecule has 0 aliphatic rings. The van der Waals surface area contributed by atoms with Crippen molar-refractivity contribution < 1.29 is 24.0 Å². The van der Waals surface area contributed by atoms with Crippen molar-refractivity contribution in [1.82, 2.24) is 10.9 Å². The molecule has 0 bridgehead atoms. The normalized spacial score (nSPS) is 10.6. The number of hydrogen-bond acceptors (Lipinski definition) is 3. The second-order valence-electron chi connectivity index (χ2n) is 3.88. The molecule has 6 nitrogen and oxygen atoms in total. The topological polar surface area (TPSA) is 95.5 Å². The van der Waals surface area contributed by atoms with E-state index >= 15 is 0 Å². The van der Waals surface area contributed by atoms with E-state index in [4.69, 9.17) is 5.11 Å². The van der Waals surface area contributed by atoms with Crippen LogP contribution >= 0.6 is 0 Å². The van der Waals surface area contributed by atoms with Crippen LogP contribution in [0.1, 0.15) is 29.8 Å². The predicted molar refractivity (Wildman–Crippen MR) is 70.4 cm³/mol. The number of carboxylic acids is 1. The van der Waals surface area contributed by atoms with Crippen LogP contribution in [0, 0.1) is 6.92 Å². The average molecular weight is 283 g/mol. The lowest BCUT2D eigenvalue weighted by atomic mass is 10.1. The molecule has 0 spiro atoms. The van der Waals surface area contributed by atoms with Crippen molar-refractivity contribution in [2.75, 3.05) is 0 Å². The number of hydrogen-bond donors (Lipinski definition) is 3. The summed E-state index contributed by atoms with van der Waals surface area (Å²) in [6.07, 6.45) is 0. The molecule has 1 aromatic rings. The zero-order chi connectivity index (χ0) is 15.7. The van der Waals surface area contributed by atoms with Crippen LogP contribution in [-0.2, 0) is 9.59 Å². The maximum Gasteiger partial charge on any atom is 0.325 e. The molecule has 7 heteroatoms. The van der Waals surface area contributed by atoms with Gasteiger partial charge in [-0.25, -0.2) is 0 Å². The molecule has 3 N–H and O–H groups in total. The maximum absolute atomic E-state index is 11.6. The van der Waals surface area contributed by atoms with Gasteiger partial charge in [0.25, 0.3) is 5.91 Å². The molecule has 0 aromatic heterocycles. The first-order valence-electron chi connectivity index (χ1n) is 5.60. The molecule has 1 radical (unpaired) electrons. The lowest BCUT2D eigenvalue weighted by Crippen LogP contribution is -2.36. The van der Waals surface area contributed by atoms with Crippen LogP contribution in [0.25, 0.3) is 0 Å². The maximum atomic E-state index is 11.6. The molecule has 1 atom stereocenters. The summed E-state index contributed by atoms with van der Waals surface area (Å²) in [5.41, 5.74) is 2.01. The highest BCUT2D eigenvalue weighted by Crippen LogP contribution is 2.02. The van der Waals surface area contributed by atoms with Crippen molar-refractivity contribution in [3.63, 3.8) is 0 Å². The van der Waals surface area contributed by atoms with Gasteiger partial charge in [0.15, 0.2) is 0 Å². The summed E-state index contributed by atoms with van der Waals surface area (Å²) < 4.78 is 11.6. The fourth-order valence-corrected chi connectivity index (χ4v) is 1.13. The van der Waals surface area contributed by atoms with E-state index < -0.39 is 17.9 Å². The van der Waals surface area contributed by atoms with Crippen LogP contribution in [0.15, 0.2) is 24.3 Å². The lowest BCUT2D eigenvalue weighted by molar-refractivity contribution is -0.140. The Hall–Kier alpha value is -2.44. The average Bonchev–Trinajstić information content (AvgIpc) is 2.37. The van der Waals surface area contributed by atoms with Crippen molar-refractivity contribution in [2.24, 2.45) is 0 Å². The van der Waals surface area contributed by atoms with Crippen LogP contribution in [0.2, 0.25) is 0 Å². The van der Waals surface area contributed by atoms with Gasteiger partial charge in [0.05, 0.1) is 0 Å². The summed E-state index contributed by atoms with van der Waals surface area (Å²) in [5.74, 6) is -2.09. The number of halogens is 1. The summed E-state index contributed by atoms with van der Waals surface area (Å²) in [5, 5.41) is 10.4. The van der Waals surface area contributed by atoms with Gasteiger partial charge in [-0.3, -0.25) is 14.4 Å². The summed E-state index contributed by atoms with van der Waals surface area (Å²) >= 11 is 0. The Bertz CT molecular complexity index is 491. The molecule has 2 amide bonds. The van der Waals surface area contributed by atoms with E-state index in [0.717, 1.165) is 5.54 Å². The zero-order valence-electron chi connectivity index (χ0n) is 11.1. The Labute approximate surface area is 115 Å². The van der Waals surface area contributed by atoms with Crippen molar-refractivity contribution in [2.45, 2.75) is 19.9 Å². The first-order valence-corrected chi connectivity index (χ1v) is 5.60. The number of nitrogens with one attached hydrogen (secondary N) is 2. The first kappa shape index (κ1) is 17.6. The van der Waals surface area contributed by atoms with Gasteiger partial charge in [-0.05, 0) is 31.5 Å². The van der Waals surface area contributed by atoms with Gasteiger partial charge in [0.1, 0.15) is 6.04 Å². The van der Waals surface area contributed by atoms with Crippen molar-refractivity contribution >= 4 is 17.8 Å². The Balaban J connectivity index is 0.000000370. The third kappa shape index (κ3) is 7.10. The lowest BCUT2D eigenvalue weighted by Gasteiger charge is -2.04. The Morgan fingerprint density at radius 2 is 1.95 bits per heavy atom. The van der Waals surface area contributed by atoms with Crippen molar-refractivity contribution in [3.05, 3.63) is 42.3 Å². The van der Waals surface area contributed by atoms with Gasteiger partial charge in [-0.2, -0.15) is 5.54 Å². The molecular formula is C13H16FN2O4. The van der Waals surface area contributed by atoms with Gasteiger partial charge in [0.2, 0.25) is 5.91 Å². The fourth-order valence-electron chi connectivity index (χ4n) is 1.13. The van der Waals surface area contributed by atoms with Gasteiger partial charge in [-0.15, -0.1) is 0 Å². The van der Waals surface area contributed by atoms with Crippen LogP contribution < -0.4 is 10.9 Å². The summed E-state index contributed by atoms with van der Waals surface area (Å²) in [6, 6.07) is 5.61. The highest BCUT2D eigenvalue weighted by molar-refractivity contribution is 5.93. The van der Waals surface area contributed by atoms with E-state index in [2.05, 4.69) is 12.2 Å². The second kappa shape index (κ2) is 8.63. The monoisotopic (exact) mass is 283 g/mol. The molecule has 1 rings (SSSR count). The molecule has 0 heterocycles. The second-order valence-corrected chi connectivity index (χ2v) is 3.88. The number of carboxylic acid groups (broad SMARTS) is 1. The minimum atomic E-state index is -1.02. The van der Waals surface area contributed by atoms with Crippen molar-refractivity contribution in [1.29, 1.82) is 0 Å². The molecule has 0 fully saturated rings. The predicted octanol–water partition coefficient (Wildman–Crippen LogP) is 1.08. The molecule has 0 saturated heterocycles. The molecule has 0 unspecified atom stereocenters. The number of carbonyl (C=O) groups is 3. The zero-order valence-corrected chi connectivity index (χ0v) is 11.1. The summed E-state index contributed by atoms with van der Waals surface area (Å²) in [6.45, 7) is 6.28. The van der Waals surface area contributed by atoms with Crippen LogP contribution in [0.3, 0.4) is 0 Å². The third-order valence-corrected chi connectivity index (χ3v) is 2.07. The van der Waals surface area contributed by atoms with E-state index in [9.17, 15) is 18.9 Å². The summed E-state index contributed by atoms with van der Waals surface area (Å²) in [4.78, 5) is 30.9. The minimum Gasteiger partial charge on any atom is -0.480 e. The standard InChI is InChI=1S/C8H7FNO.C5H9NO3/c1-6-3-2-4-7(5-6)8(11)10-9;1-3(5(8)9)6-4(2)7/h2-5H,1H2,(H,10,11);3H,1-2H3,(H,6,7)(H,8,9)/t;3-/m.0/s1. The van der Waals surface area contributed by atoms with Crippen LogP contribution in [0.4, 0.5) is 4.48 Å². The van der Waals surface area contributed by atoms with Gasteiger partial charge in [-0.1, -0.05) is 16.6 Å². The smallest absolute Gasteiger partial charge is 0.325 e. The van der Waals surface area contributed by atoms with E-state index in [-0.39, 0.29) is 11.5 Å². The largest absolute Gasteiger partial charge is 0.480 e. The Morgan fingerprint density at radius 1 is 1.35 bits per heavy atom. The van der Waals surface area contributed by atoms with Crippen LogP contribution in [-0.4, -0.2) is 28.9 Å². The molecule has 0 aliphatic carbocycles. The number of benzene rings is 1. The van der Waals surface area contributed by atoms with E-state index in [1.807, 2.05) is 0 Å². The quantitative estimate of drug-likeness (QED) is 0.723. The van der Waals surface area contributed by atoms with Gasteiger partial charge < -0.3 is 10.4 Å². The fraction of sp³-hybridized carbons (Fsp3) is 0.231. The molecule has 20 heavy (non-hydrogen) atoms. The molecule has 0 saturated carbocycles. The van der Waals surface area contributed by atoms with E-state index in [0.29, 0.717) is 5.56 Å². The van der Waals surface area contributed by atoms with Gasteiger partial charge in [0, 0.05) is 12.5 Å². The number of carbonyl (C=O) groups excluding carboxylic acids is 2. The SMILES string of the molecule is CC(=O)N[C@@H](C)C(=O)O.[CH2]c1cccc(C(=O)NF)c1. The Morgan fingerprint density at radius 3 is 2.30 bits per heavy atom. The third-order valence-electron chi connectivity index (χ3n) is 2.07. The highest BCUT2D eigenvalue weighted by Gasteiger charge is 2.09. The minimum absolute atomic E-state index is 0.278. The molecular weight excluding hydrogens is 267 g/mol. The molecule has 0 aliphatic heterocycles. The van der Waals surface area contributed by atoms with Crippen LogP contribution in [0.5, 0.6) is 0 Å². The highest BCUT2D eigenvalue weighted by atomic mass is 19.2. The Kier molecular flexibility index (Phi) is 7.57. The first-order chi connectivity index (χ1) is 9.27. The van der Waals surface area contributed by atoms with E-state index in [1.165, 1.54) is 26.0 Å². The van der Waals surface area contributed by atoms with E-state index in [1.54, 1.807) is 12.1 Å². The molecule has 1 aromatic carbocycles.